The molecule has 1 heterocycles. The number of rotatable bonds is 4. The summed E-state index contributed by atoms with van der Waals surface area (Å²) in [6.07, 6.45) is 0. The molecule has 0 spiro atoms. The van der Waals surface area contributed by atoms with Gasteiger partial charge in [-0.05, 0) is 36.8 Å². The highest BCUT2D eigenvalue weighted by atomic mass is 35.5. The van der Waals surface area contributed by atoms with Crippen LogP contribution in [0.3, 0.4) is 0 Å². The van der Waals surface area contributed by atoms with Gasteiger partial charge in [0.2, 0.25) is 0 Å². The van der Waals surface area contributed by atoms with Crippen LogP contribution in [-0.2, 0) is 16.6 Å². The predicted octanol–water partition coefficient (Wildman–Crippen LogP) is 3.00. The molecule has 0 aliphatic heterocycles. The van der Waals surface area contributed by atoms with Crippen molar-refractivity contribution in [2.24, 2.45) is 0 Å². The van der Waals surface area contributed by atoms with Crippen LogP contribution in [0.2, 0.25) is 5.02 Å². The van der Waals surface area contributed by atoms with Crippen LogP contribution in [0, 0.1) is 6.92 Å². The van der Waals surface area contributed by atoms with Gasteiger partial charge in [0.25, 0.3) is 10.0 Å². The van der Waals surface area contributed by atoms with Crippen molar-refractivity contribution in [1.29, 1.82) is 0 Å². The van der Waals surface area contributed by atoms with Crippen molar-refractivity contribution in [3.05, 3.63) is 45.8 Å². The van der Waals surface area contributed by atoms with Crippen LogP contribution in [-0.4, -0.2) is 13.5 Å². The maximum absolute atomic E-state index is 12.2. The van der Waals surface area contributed by atoms with Crippen molar-refractivity contribution >= 4 is 38.6 Å². The van der Waals surface area contributed by atoms with Crippen molar-refractivity contribution in [1.82, 2.24) is 0 Å². The number of thiophene rings is 1. The van der Waals surface area contributed by atoms with E-state index in [1.54, 1.807) is 31.2 Å². The van der Waals surface area contributed by atoms with E-state index in [9.17, 15) is 8.42 Å². The van der Waals surface area contributed by atoms with Crippen LogP contribution >= 0.6 is 22.9 Å². The molecule has 102 valence electrons. The maximum Gasteiger partial charge on any atom is 0.271 e. The van der Waals surface area contributed by atoms with Gasteiger partial charge < -0.3 is 5.11 Å². The van der Waals surface area contributed by atoms with Gasteiger partial charge in [0.15, 0.2) is 0 Å². The zero-order valence-electron chi connectivity index (χ0n) is 10.1. The molecule has 0 bridgehead atoms. The highest BCUT2D eigenvalue weighted by Gasteiger charge is 2.17. The van der Waals surface area contributed by atoms with E-state index >= 15 is 0 Å². The maximum atomic E-state index is 12.2. The summed E-state index contributed by atoms with van der Waals surface area (Å²) >= 11 is 6.89. The third kappa shape index (κ3) is 3.27. The van der Waals surface area contributed by atoms with E-state index < -0.39 is 10.0 Å². The number of hydrogen-bond donors (Lipinski definition) is 2. The number of aryl methyl sites for hydroxylation is 1. The lowest BCUT2D eigenvalue weighted by Crippen LogP contribution is -2.12. The average Bonchev–Trinajstić information content (AvgIpc) is 2.83. The van der Waals surface area contributed by atoms with Crippen LogP contribution in [0.4, 0.5) is 5.69 Å². The second-order valence-corrected chi connectivity index (χ2v) is 7.46. The van der Waals surface area contributed by atoms with Gasteiger partial charge in [0, 0.05) is 9.90 Å². The van der Waals surface area contributed by atoms with Crippen molar-refractivity contribution in [3.8, 4) is 0 Å². The second kappa shape index (κ2) is 5.50. The first-order valence-corrected chi connectivity index (χ1v) is 8.08. The number of benzene rings is 1. The van der Waals surface area contributed by atoms with Gasteiger partial charge in [-0.3, -0.25) is 4.72 Å². The summed E-state index contributed by atoms with van der Waals surface area (Å²) in [6.45, 7) is 1.62. The third-order valence-corrected chi connectivity index (χ3v) is 5.66. The van der Waals surface area contributed by atoms with Gasteiger partial charge in [-0.25, -0.2) is 8.42 Å². The molecule has 7 heteroatoms. The Hall–Kier alpha value is -1.08. The van der Waals surface area contributed by atoms with Crippen molar-refractivity contribution in [3.63, 3.8) is 0 Å². The lowest BCUT2D eigenvalue weighted by molar-refractivity contribution is 0.285. The van der Waals surface area contributed by atoms with Gasteiger partial charge in [-0.2, -0.15) is 0 Å². The number of halogens is 1. The Morgan fingerprint density at radius 2 is 2.05 bits per heavy atom. The van der Waals surface area contributed by atoms with E-state index in [-0.39, 0.29) is 10.8 Å². The van der Waals surface area contributed by atoms with E-state index in [1.807, 2.05) is 0 Å². The van der Waals surface area contributed by atoms with Crippen LogP contribution < -0.4 is 4.72 Å². The van der Waals surface area contributed by atoms with E-state index in [4.69, 9.17) is 16.7 Å². The Labute approximate surface area is 120 Å². The average molecular weight is 318 g/mol. The van der Waals surface area contributed by atoms with Crippen molar-refractivity contribution in [2.75, 3.05) is 4.72 Å². The minimum atomic E-state index is -3.64. The van der Waals surface area contributed by atoms with Crippen LogP contribution in [0.25, 0.3) is 0 Å². The molecule has 1 aromatic carbocycles. The van der Waals surface area contributed by atoms with E-state index in [1.165, 1.54) is 6.07 Å². The number of sulfonamides is 1. The summed E-state index contributed by atoms with van der Waals surface area (Å²) in [6, 6.07) is 8.06. The summed E-state index contributed by atoms with van der Waals surface area (Å²) in [5.74, 6) is 0. The molecule has 0 fully saturated rings. The quantitative estimate of drug-likeness (QED) is 0.911. The molecule has 0 amide bonds. The normalized spacial score (nSPS) is 11.5. The summed E-state index contributed by atoms with van der Waals surface area (Å²) in [5, 5.41) is 9.43. The number of hydrogen-bond acceptors (Lipinski definition) is 4. The molecule has 0 unspecified atom stereocenters. The first-order valence-electron chi connectivity index (χ1n) is 5.41. The van der Waals surface area contributed by atoms with Crippen LogP contribution in [0.15, 0.2) is 34.5 Å². The molecule has 0 radical (unpaired) electrons. The van der Waals surface area contributed by atoms with Crippen molar-refractivity contribution in [2.45, 2.75) is 17.7 Å². The summed E-state index contributed by atoms with van der Waals surface area (Å²) < 4.78 is 27.0. The molecule has 2 rings (SSSR count). The lowest BCUT2D eigenvalue weighted by atomic mass is 10.2. The Kier molecular flexibility index (Phi) is 4.15. The second-order valence-electron chi connectivity index (χ2n) is 3.94. The molecule has 2 aromatic rings. The molecule has 0 saturated heterocycles. The zero-order valence-corrected chi connectivity index (χ0v) is 12.4. The van der Waals surface area contributed by atoms with E-state index in [0.717, 1.165) is 16.9 Å². The van der Waals surface area contributed by atoms with Gasteiger partial charge >= 0.3 is 0 Å². The highest BCUT2D eigenvalue weighted by Crippen LogP contribution is 2.26. The fourth-order valence-electron chi connectivity index (χ4n) is 1.49. The lowest BCUT2D eigenvalue weighted by Gasteiger charge is -2.09. The molecule has 19 heavy (non-hydrogen) atoms. The molecular weight excluding hydrogens is 306 g/mol. The predicted molar refractivity (Wildman–Crippen MR) is 77.2 cm³/mol. The van der Waals surface area contributed by atoms with Crippen LogP contribution in [0.5, 0.6) is 0 Å². The third-order valence-electron chi connectivity index (χ3n) is 2.50. The smallest absolute Gasteiger partial charge is 0.271 e. The topological polar surface area (TPSA) is 66.4 Å². The minimum Gasteiger partial charge on any atom is -0.391 e. The molecule has 4 nitrogen and oxygen atoms in total. The number of anilines is 1. The molecule has 0 aliphatic carbocycles. The minimum absolute atomic E-state index is 0.163. The summed E-state index contributed by atoms with van der Waals surface area (Å²) in [5.41, 5.74) is 1.23. The van der Waals surface area contributed by atoms with Gasteiger partial charge in [-0.1, -0.05) is 17.7 Å². The monoisotopic (exact) mass is 317 g/mol. The first-order chi connectivity index (χ1) is 8.92. The number of nitrogens with one attached hydrogen (secondary N) is 1. The Morgan fingerprint density at radius 1 is 1.32 bits per heavy atom. The van der Waals surface area contributed by atoms with E-state index in [0.29, 0.717) is 15.6 Å². The van der Waals surface area contributed by atoms with Gasteiger partial charge in [0.1, 0.15) is 4.21 Å². The number of aliphatic hydroxyl groups excluding tert-OH is 1. The van der Waals surface area contributed by atoms with Crippen LogP contribution in [0.1, 0.15) is 10.4 Å². The Balaban J connectivity index is 2.33. The standard InChI is InChI=1S/C12H12ClNO3S2/c1-8-2-3-9(13)6-11(8)14-19(16,17)12-5-4-10(7-15)18-12/h2-6,14-15H,7H2,1H3. The van der Waals surface area contributed by atoms with E-state index in [2.05, 4.69) is 4.72 Å². The summed E-state index contributed by atoms with van der Waals surface area (Å²) in [4.78, 5) is 0.600. The molecule has 0 atom stereocenters. The van der Waals surface area contributed by atoms with Gasteiger partial charge in [-0.15, -0.1) is 11.3 Å². The highest BCUT2D eigenvalue weighted by molar-refractivity contribution is 7.94. The SMILES string of the molecule is Cc1ccc(Cl)cc1NS(=O)(=O)c1ccc(CO)s1. The summed E-state index contributed by atoms with van der Waals surface area (Å²) in [7, 11) is -3.64. The fraction of sp³-hybridized carbons (Fsp3) is 0.167. The zero-order chi connectivity index (χ0) is 14.0. The number of aliphatic hydroxyl groups is 1. The Morgan fingerprint density at radius 3 is 2.68 bits per heavy atom. The molecular formula is C12H12ClNO3S2. The fourth-order valence-corrected chi connectivity index (χ4v) is 4.00. The van der Waals surface area contributed by atoms with Crippen molar-refractivity contribution < 1.29 is 13.5 Å². The van der Waals surface area contributed by atoms with Gasteiger partial charge in [0.05, 0.1) is 12.3 Å². The largest absolute Gasteiger partial charge is 0.391 e. The molecule has 0 aliphatic rings. The first kappa shape index (κ1) is 14.3. The molecule has 1 aromatic heterocycles. The molecule has 2 N–H and O–H groups in total. The Bertz CT molecular complexity index is 695. The molecule has 0 saturated carbocycles.